The highest BCUT2D eigenvalue weighted by molar-refractivity contribution is 5.90. The van der Waals surface area contributed by atoms with E-state index < -0.39 is 17.3 Å². The lowest BCUT2D eigenvalue weighted by molar-refractivity contribution is -0.0202. The van der Waals surface area contributed by atoms with E-state index in [1.807, 2.05) is 0 Å². The van der Waals surface area contributed by atoms with Gasteiger partial charge in [-0.2, -0.15) is 0 Å². The zero-order chi connectivity index (χ0) is 12.0. The first-order valence-electron chi connectivity index (χ1n) is 5.09. The molecule has 0 aliphatic heterocycles. The molecular formula is C12H12F2O2. The van der Waals surface area contributed by atoms with Gasteiger partial charge in [0.2, 0.25) is 0 Å². The summed E-state index contributed by atoms with van der Waals surface area (Å²) in [6.45, 7) is 0.860. The Labute approximate surface area is 91.9 Å². The standard InChI is InChI=1S/C12H12F2O2/c1-11(13,14)12(6-7-12)9-5-3-2-4-8(9)10(15)16/h2-5H,6-7H2,1H3,(H,15,16). The average Bonchev–Trinajstić information content (AvgIpc) is 2.97. The van der Waals surface area contributed by atoms with Gasteiger partial charge < -0.3 is 5.11 Å². The third-order valence-corrected chi connectivity index (χ3v) is 3.26. The molecule has 0 heterocycles. The van der Waals surface area contributed by atoms with Crippen LogP contribution in [0.1, 0.15) is 35.7 Å². The fourth-order valence-corrected chi connectivity index (χ4v) is 2.16. The number of hydrogen-bond acceptors (Lipinski definition) is 1. The van der Waals surface area contributed by atoms with E-state index in [1.54, 1.807) is 12.1 Å². The number of halogens is 2. The molecule has 1 aromatic carbocycles. The van der Waals surface area contributed by atoms with Crippen molar-refractivity contribution < 1.29 is 18.7 Å². The van der Waals surface area contributed by atoms with Gasteiger partial charge in [0.25, 0.3) is 5.92 Å². The summed E-state index contributed by atoms with van der Waals surface area (Å²) >= 11 is 0. The third kappa shape index (κ3) is 1.49. The molecule has 4 heteroatoms. The van der Waals surface area contributed by atoms with Crippen molar-refractivity contribution >= 4 is 5.97 Å². The monoisotopic (exact) mass is 226 g/mol. The Morgan fingerprint density at radius 3 is 2.38 bits per heavy atom. The number of benzene rings is 1. The maximum absolute atomic E-state index is 13.5. The number of alkyl halides is 2. The van der Waals surface area contributed by atoms with Crippen molar-refractivity contribution in [1.82, 2.24) is 0 Å². The number of carboxylic acid groups (broad SMARTS) is 1. The molecule has 0 amide bonds. The summed E-state index contributed by atoms with van der Waals surface area (Å²) in [4.78, 5) is 11.0. The number of hydrogen-bond donors (Lipinski definition) is 1. The minimum absolute atomic E-state index is 0.0125. The molecule has 0 radical (unpaired) electrons. The van der Waals surface area contributed by atoms with Gasteiger partial charge in [-0.05, 0) is 24.5 Å². The second-order valence-corrected chi connectivity index (χ2v) is 4.32. The molecule has 1 N–H and O–H groups in total. The number of rotatable bonds is 3. The van der Waals surface area contributed by atoms with Gasteiger partial charge in [-0.25, -0.2) is 13.6 Å². The van der Waals surface area contributed by atoms with Crippen LogP contribution in [0, 0.1) is 0 Å². The predicted octanol–water partition coefficient (Wildman–Crippen LogP) is 3.07. The van der Waals surface area contributed by atoms with Gasteiger partial charge in [-0.15, -0.1) is 0 Å². The Morgan fingerprint density at radius 2 is 1.94 bits per heavy atom. The topological polar surface area (TPSA) is 37.3 Å². The number of carbonyl (C=O) groups is 1. The molecule has 1 saturated carbocycles. The Kier molecular flexibility index (Phi) is 2.26. The van der Waals surface area contributed by atoms with Crippen LogP contribution in [-0.4, -0.2) is 17.0 Å². The van der Waals surface area contributed by atoms with Crippen molar-refractivity contribution in [2.75, 3.05) is 0 Å². The second kappa shape index (κ2) is 3.27. The molecule has 0 unspecified atom stereocenters. The molecule has 1 aliphatic carbocycles. The van der Waals surface area contributed by atoms with Crippen molar-refractivity contribution in [3.8, 4) is 0 Å². The second-order valence-electron chi connectivity index (χ2n) is 4.32. The summed E-state index contributed by atoms with van der Waals surface area (Å²) in [5.74, 6) is -4.02. The van der Waals surface area contributed by atoms with Gasteiger partial charge in [0.15, 0.2) is 0 Å². The van der Waals surface area contributed by atoms with Gasteiger partial charge >= 0.3 is 5.97 Å². The van der Waals surface area contributed by atoms with E-state index in [1.165, 1.54) is 12.1 Å². The molecule has 2 rings (SSSR count). The van der Waals surface area contributed by atoms with E-state index in [9.17, 15) is 13.6 Å². The Bertz CT molecular complexity index is 431. The minimum Gasteiger partial charge on any atom is -0.478 e. The molecule has 0 bridgehead atoms. The largest absolute Gasteiger partial charge is 0.478 e. The average molecular weight is 226 g/mol. The van der Waals surface area contributed by atoms with E-state index in [2.05, 4.69) is 0 Å². The van der Waals surface area contributed by atoms with Crippen LogP contribution in [-0.2, 0) is 5.41 Å². The van der Waals surface area contributed by atoms with Gasteiger partial charge in [0.05, 0.1) is 11.0 Å². The molecule has 16 heavy (non-hydrogen) atoms. The molecule has 1 aliphatic rings. The highest BCUT2D eigenvalue weighted by Gasteiger charge is 2.61. The van der Waals surface area contributed by atoms with Crippen LogP contribution in [0.3, 0.4) is 0 Å². The maximum Gasteiger partial charge on any atom is 0.335 e. The Morgan fingerprint density at radius 1 is 1.38 bits per heavy atom. The number of aromatic carboxylic acids is 1. The fraction of sp³-hybridized carbons (Fsp3) is 0.417. The zero-order valence-electron chi connectivity index (χ0n) is 8.84. The van der Waals surface area contributed by atoms with Gasteiger partial charge in [0, 0.05) is 6.92 Å². The van der Waals surface area contributed by atoms with Crippen molar-refractivity contribution in [3.05, 3.63) is 35.4 Å². The molecule has 1 aromatic rings. The van der Waals surface area contributed by atoms with Crippen LogP contribution in [0.4, 0.5) is 8.78 Å². The summed E-state index contributed by atoms with van der Waals surface area (Å²) < 4.78 is 27.0. The third-order valence-electron chi connectivity index (χ3n) is 3.26. The first-order chi connectivity index (χ1) is 7.38. The molecule has 0 saturated heterocycles. The van der Waals surface area contributed by atoms with Crippen LogP contribution in [0.2, 0.25) is 0 Å². The van der Waals surface area contributed by atoms with Crippen molar-refractivity contribution in [2.24, 2.45) is 0 Å². The Hall–Kier alpha value is -1.45. The van der Waals surface area contributed by atoms with Gasteiger partial charge in [-0.1, -0.05) is 18.2 Å². The molecular weight excluding hydrogens is 214 g/mol. The quantitative estimate of drug-likeness (QED) is 0.859. The van der Waals surface area contributed by atoms with Crippen LogP contribution in [0.15, 0.2) is 24.3 Å². The highest BCUT2D eigenvalue weighted by atomic mass is 19.3. The van der Waals surface area contributed by atoms with Gasteiger partial charge in [0.1, 0.15) is 0 Å². The van der Waals surface area contributed by atoms with Gasteiger partial charge in [-0.3, -0.25) is 0 Å². The fourth-order valence-electron chi connectivity index (χ4n) is 2.16. The van der Waals surface area contributed by atoms with Crippen LogP contribution in [0.25, 0.3) is 0 Å². The summed E-state index contributed by atoms with van der Waals surface area (Å²) in [5, 5.41) is 8.98. The molecule has 1 fully saturated rings. The Balaban J connectivity index is 2.53. The zero-order valence-corrected chi connectivity index (χ0v) is 8.84. The normalized spacial score (nSPS) is 18.2. The highest BCUT2D eigenvalue weighted by Crippen LogP contribution is 2.58. The lowest BCUT2D eigenvalue weighted by Gasteiger charge is -2.24. The van der Waals surface area contributed by atoms with E-state index in [-0.39, 0.29) is 11.1 Å². The lowest BCUT2D eigenvalue weighted by Crippen LogP contribution is -2.31. The van der Waals surface area contributed by atoms with Crippen molar-refractivity contribution in [2.45, 2.75) is 31.1 Å². The van der Waals surface area contributed by atoms with Crippen LogP contribution in [0.5, 0.6) is 0 Å². The first-order valence-corrected chi connectivity index (χ1v) is 5.09. The minimum atomic E-state index is -2.88. The van der Waals surface area contributed by atoms with Crippen molar-refractivity contribution in [1.29, 1.82) is 0 Å². The van der Waals surface area contributed by atoms with E-state index in [4.69, 9.17) is 5.11 Å². The molecule has 0 aromatic heterocycles. The van der Waals surface area contributed by atoms with E-state index >= 15 is 0 Å². The summed E-state index contributed by atoms with van der Waals surface area (Å²) in [7, 11) is 0. The van der Waals surface area contributed by atoms with E-state index in [0.29, 0.717) is 12.8 Å². The van der Waals surface area contributed by atoms with Crippen LogP contribution >= 0.6 is 0 Å². The molecule has 0 spiro atoms. The predicted molar refractivity (Wildman–Crippen MR) is 54.9 cm³/mol. The van der Waals surface area contributed by atoms with E-state index in [0.717, 1.165) is 6.92 Å². The summed E-state index contributed by atoms with van der Waals surface area (Å²) in [6, 6.07) is 6.03. The molecule has 86 valence electrons. The van der Waals surface area contributed by atoms with Crippen molar-refractivity contribution in [3.63, 3.8) is 0 Å². The number of carboxylic acids is 1. The SMILES string of the molecule is CC(F)(F)C1(c2ccccc2C(=O)O)CC1. The maximum atomic E-state index is 13.5. The summed E-state index contributed by atoms with van der Waals surface area (Å²) in [6.07, 6.45) is 0.696. The summed E-state index contributed by atoms with van der Waals surface area (Å²) in [5.41, 5.74) is -1.02. The molecule has 0 atom stereocenters. The smallest absolute Gasteiger partial charge is 0.335 e. The molecule has 2 nitrogen and oxygen atoms in total. The first kappa shape index (κ1) is 11.0. The lowest BCUT2D eigenvalue weighted by atomic mass is 9.86. The van der Waals surface area contributed by atoms with Crippen LogP contribution < -0.4 is 0 Å².